The number of nitrogens with one attached hydrogen (secondary N) is 2. The molecular weight excluding hydrogens is 346 g/mol. The van der Waals surface area contributed by atoms with Gasteiger partial charge in [0.15, 0.2) is 0 Å². The molecule has 3 rings (SSSR count). The van der Waals surface area contributed by atoms with Crippen LogP contribution >= 0.6 is 0 Å². The van der Waals surface area contributed by atoms with Gasteiger partial charge in [-0.3, -0.25) is 10.1 Å². The van der Waals surface area contributed by atoms with Crippen molar-refractivity contribution >= 4 is 11.9 Å². The maximum absolute atomic E-state index is 12.5. The Morgan fingerprint density at radius 3 is 2.78 bits per heavy atom. The number of methoxy groups -OCH3 is 1. The number of rotatable bonds is 3. The van der Waals surface area contributed by atoms with Gasteiger partial charge in [0.1, 0.15) is 5.75 Å². The fourth-order valence-electron chi connectivity index (χ4n) is 5.12. The van der Waals surface area contributed by atoms with Crippen molar-refractivity contribution in [1.29, 1.82) is 0 Å². The molecule has 27 heavy (non-hydrogen) atoms. The molecule has 0 aromatic heterocycles. The van der Waals surface area contributed by atoms with Gasteiger partial charge in [-0.1, -0.05) is 6.07 Å². The fraction of sp³-hybridized carbons (Fsp3) is 0.600. The van der Waals surface area contributed by atoms with Crippen molar-refractivity contribution in [1.82, 2.24) is 10.6 Å². The minimum absolute atomic E-state index is 0.114. The van der Waals surface area contributed by atoms with Crippen LogP contribution in [0.5, 0.6) is 5.75 Å². The number of amides is 3. The molecule has 0 bridgehead atoms. The molecule has 1 aliphatic carbocycles. The van der Waals surface area contributed by atoms with Gasteiger partial charge in [-0.05, 0) is 69.3 Å². The molecule has 1 aliphatic heterocycles. The van der Waals surface area contributed by atoms with E-state index in [4.69, 9.17) is 10.5 Å². The van der Waals surface area contributed by atoms with Crippen LogP contribution in [-0.2, 0) is 10.2 Å². The van der Waals surface area contributed by atoms with Crippen molar-refractivity contribution in [3.05, 3.63) is 29.3 Å². The first-order chi connectivity index (χ1) is 12.7. The second-order valence-electron chi connectivity index (χ2n) is 7.91. The third kappa shape index (κ3) is 3.19. The zero-order chi connectivity index (χ0) is 19.8. The van der Waals surface area contributed by atoms with Crippen LogP contribution in [0.25, 0.3) is 0 Å². The van der Waals surface area contributed by atoms with E-state index in [1.807, 2.05) is 32.0 Å². The Labute approximate surface area is 159 Å². The number of carbonyl (C=O) groups is 2. The van der Waals surface area contributed by atoms with Crippen LogP contribution in [0.2, 0.25) is 0 Å². The fourth-order valence-corrected chi connectivity index (χ4v) is 5.12. The van der Waals surface area contributed by atoms with Crippen molar-refractivity contribution < 1.29 is 19.4 Å². The van der Waals surface area contributed by atoms with Gasteiger partial charge in [-0.15, -0.1) is 0 Å². The molecule has 7 nitrogen and oxygen atoms in total. The Balaban J connectivity index is 2.09. The quantitative estimate of drug-likeness (QED) is 0.637. The standard InChI is InChI=1S/C20H29N3O4/c1-12-4-5-15(27-3)10-16(12)19-8-9-22-13(2)20(19,26)7-6-14(11-19)17(24)23-18(21)25/h4-5,10,13-14,22,26H,6-9,11H2,1-3H3,(H3,21,23,24,25). The van der Waals surface area contributed by atoms with Gasteiger partial charge < -0.3 is 20.9 Å². The maximum Gasteiger partial charge on any atom is 0.318 e. The molecule has 4 atom stereocenters. The van der Waals surface area contributed by atoms with Crippen molar-refractivity contribution in [2.24, 2.45) is 11.7 Å². The summed E-state index contributed by atoms with van der Waals surface area (Å²) in [5.41, 5.74) is 5.61. The molecule has 3 amide bonds. The molecule has 148 valence electrons. The number of ether oxygens (including phenoxy) is 1. The summed E-state index contributed by atoms with van der Waals surface area (Å²) in [6.07, 6.45) is 2.13. The predicted octanol–water partition coefficient (Wildman–Crippen LogP) is 1.35. The summed E-state index contributed by atoms with van der Waals surface area (Å²) in [6, 6.07) is 4.91. The van der Waals surface area contributed by atoms with Crippen LogP contribution in [-0.4, -0.2) is 42.3 Å². The highest BCUT2D eigenvalue weighted by atomic mass is 16.5. The Morgan fingerprint density at radius 1 is 1.37 bits per heavy atom. The summed E-state index contributed by atoms with van der Waals surface area (Å²) in [6.45, 7) is 4.75. The van der Waals surface area contributed by atoms with Crippen LogP contribution in [0.4, 0.5) is 4.79 Å². The molecule has 7 heteroatoms. The molecule has 2 aliphatic rings. The topological polar surface area (TPSA) is 114 Å². The van der Waals surface area contributed by atoms with Gasteiger partial charge in [0.25, 0.3) is 0 Å². The number of nitrogens with two attached hydrogens (primary N) is 1. The van der Waals surface area contributed by atoms with Crippen LogP contribution in [0, 0.1) is 12.8 Å². The number of fused-ring (bicyclic) bond motifs is 1. The first-order valence-electron chi connectivity index (χ1n) is 9.45. The third-order valence-electron chi connectivity index (χ3n) is 6.59. The number of hydrogen-bond acceptors (Lipinski definition) is 5. The molecule has 4 unspecified atom stereocenters. The second-order valence-corrected chi connectivity index (χ2v) is 7.91. The molecule has 1 saturated heterocycles. The molecule has 1 saturated carbocycles. The average Bonchev–Trinajstić information content (AvgIpc) is 2.62. The molecule has 2 fully saturated rings. The minimum Gasteiger partial charge on any atom is -0.497 e. The third-order valence-corrected chi connectivity index (χ3v) is 6.59. The van der Waals surface area contributed by atoms with Crippen molar-refractivity contribution in [3.63, 3.8) is 0 Å². The van der Waals surface area contributed by atoms with Crippen LogP contribution in [0.15, 0.2) is 18.2 Å². The Hall–Kier alpha value is -2.12. The number of primary amides is 1. The number of carbonyl (C=O) groups excluding carboxylic acids is 2. The lowest BCUT2D eigenvalue weighted by atomic mass is 9.51. The van der Waals surface area contributed by atoms with Gasteiger partial charge >= 0.3 is 6.03 Å². The molecule has 1 aromatic rings. The van der Waals surface area contributed by atoms with Crippen LogP contribution in [0.1, 0.15) is 43.7 Å². The van der Waals surface area contributed by atoms with Gasteiger partial charge in [-0.25, -0.2) is 4.79 Å². The van der Waals surface area contributed by atoms with Gasteiger partial charge in [0.05, 0.1) is 12.7 Å². The lowest BCUT2D eigenvalue weighted by Crippen LogP contribution is -2.69. The molecule has 5 N–H and O–H groups in total. The van der Waals surface area contributed by atoms with E-state index in [0.29, 0.717) is 25.7 Å². The smallest absolute Gasteiger partial charge is 0.318 e. The lowest BCUT2D eigenvalue weighted by molar-refractivity contribution is -0.142. The summed E-state index contributed by atoms with van der Waals surface area (Å²) in [5.74, 6) is -0.0217. The van der Waals surface area contributed by atoms with Crippen molar-refractivity contribution in [3.8, 4) is 5.75 Å². The number of piperidine rings is 1. The highest BCUT2D eigenvalue weighted by Crippen LogP contribution is 2.54. The highest BCUT2D eigenvalue weighted by molar-refractivity contribution is 5.94. The SMILES string of the molecule is COc1ccc(C)c(C23CCNC(C)C2(O)CCC(C(=O)NC(N)=O)C3)c1. The number of benzene rings is 1. The van der Waals surface area contributed by atoms with E-state index in [9.17, 15) is 14.7 Å². The largest absolute Gasteiger partial charge is 0.497 e. The monoisotopic (exact) mass is 375 g/mol. The van der Waals surface area contributed by atoms with E-state index >= 15 is 0 Å². The van der Waals surface area contributed by atoms with E-state index in [1.165, 1.54) is 0 Å². The maximum atomic E-state index is 12.5. The van der Waals surface area contributed by atoms with E-state index in [0.717, 1.165) is 23.4 Å². The van der Waals surface area contributed by atoms with E-state index in [2.05, 4.69) is 10.6 Å². The van der Waals surface area contributed by atoms with E-state index < -0.39 is 17.0 Å². The Kier molecular flexibility index (Phi) is 5.18. The molecule has 1 aromatic carbocycles. The molecule has 0 spiro atoms. The summed E-state index contributed by atoms with van der Waals surface area (Å²) in [4.78, 5) is 23.7. The Bertz CT molecular complexity index is 753. The lowest BCUT2D eigenvalue weighted by Gasteiger charge is -2.58. The van der Waals surface area contributed by atoms with E-state index in [1.54, 1.807) is 7.11 Å². The first-order valence-corrected chi connectivity index (χ1v) is 9.45. The zero-order valence-corrected chi connectivity index (χ0v) is 16.2. The Morgan fingerprint density at radius 2 is 2.11 bits per heavy atom. The second kappa shape index (κ2) is 7.13. The van der Waals surface area contributed by atoms with Crippen molar-refractivity contribution in [2.45, 2.75) is 56.6 Å². The zero-order valence-electron chi connectivity index (χ0n) is 16.2. The van der Waals surface area contributed by atoms with Crippen LogP contribution in [0.3, 0.4) is 0 Å². The molecular formula is C20H29N3O4. The minimum atomic E-state index is -0.994. The predicted molar refractivity (Wildman–Crippen MR) is 102 cm³/mol. The van der Waals surface area contributed by atoms with Crippen LogP contribution < -0.4 is 21.1 Å². The van der Waals surface area contributed by atoms with E-state index in [-0.39, 0.29) is 17.9 Å². The summed E-state index contributed by atoms with van der Waals surface area (Å²) in [5, 5.41) is 17.4. The summed E-state index contributed by atoms with van der Waals surface area (Å²) in [7, 11) is 1.62. The normalized spacial score (nSPS) is 33.0. The number of urea groups is 1. The number of aryl methyl sites for hydroxylation is 1. The summed E-state index contributed by atoms with van der Waals surface area (Å²) >= 11 is 0. The highest BCUT2D eigenvalue weighted by Gasteiger charge is 2.60. The average molecular weight is 375 g/mol. The summed E-state index contributed by atoms with van der Waals surface area (Å²) < 4.78 is 5.43. The van der Waals surface area contributed by atoms with Gasteiger partial charge in [0.2, 0.25) is 5.91 Å². The number of aliphatic hydroxyl groups is 1. The molecule has 0 radical (unpaired) electrons. The van der Waals surface area contributed by atoms with Crippen molar-refractivity contribution in [2.75, 3.05) is 13.7 Å². The van der Waals surface area contributed by atoms with Gasteiger partial charge in [-0.2, -0.15) is 0 Å². The number of hydrogen-bond donors (Lipinski definition) is 4. The first kappa shape index (κ1) is 19.6. The number of imide groups is 1. The van der Waals surface area contributed by atoms with Gasteiger partial charge in [0, 0.05) is 17.4 Å². The molecule has 1 heterocycles.